The first-order chi connectivity index (χ1) is 14.0. The molecule has 1 aliphatic rings. The fourth-order valence-corrected chi connectivity index (χ4v) is 5.86. The number of aryl methyl sites for hydroxylation is 2. The highest BCUT2D eigenvalue weighted by Gasteiger charge is 2.23. The van der Waals surface area contributed by atoms with Crippen LogP contribution in [0.3, 0.4) is 0 Å². The van der Waals surface area contributed by atoms with Crippen LogP contribution in [0.25, 0.3) is 10.2 Å². The van der Waals surface area contributed by atoms with E-state index in [0.717, 1.165) is 40.8 Å². The Balaban J connectivity index is 1.48. The Morgan fingerprint density at radius 2 is 2.14 bits per heavy atom. The zero-order chi connectivity index (χ0) is 20.5. The molecule has 0 bridgehead atoms. The third-order valence-corrected chi connectivity index (χ3v) is 7.46. The molecular weight excluding hydrogens is 406 g/mol. The van der Waals surface area contributed by atoms with Crippen molar-refractivity contribution < 1.29 is 9.53 Å². The summed E-state index contributed by atoms with van der Waals surface area (Å²) in [4.78, 5) is 34.0. The summed E-state index contributed by atoms with van der Waals surface area (Å²) in [5, 5.41) is 1.36. The number of para-hydroxylation sites is 1. The molecule has 0 N–H and O–H groups in total. The molecule has 0 saturated heterocycles. The number of rotatable bonds is 6. The van der Waals surface area contributed by atoms with Crippen LogP contribution in [0.5, 0.6) is 5.75 Å². The molecule has 1 amide bonds. The normalized spacial score (nSPS) is 12.9. The summed E-state index contributed by atoms with van der Waals surface area (Å²) in [5.74, 6) is 0.965. The third-order valence-electron chi connectivity index (χ3n) is 5.26. The van der Waals surface area contributed by atoms with E-state index in [4.69, 9.17) is 9.72 Å². The van der Waals surface area contributed by atoms with Crippen LogP contribution in [0.2, 0.25) is 0 Å². The van der Waals surface area contributed by atoms with Crippen molar-refractivity contribution in [2.75, 3.05) is 19.9 Å². The summed E-state index contributed by atoms with van der Waals surface area (Å²) in [5.41, 5.74) is 2.13. The molecule has 1 aromatic carbocycles. The molecule has 2 aromatic heterocycles. The van der Waals surface area contributed by atoms with Crippen LogP contribution in [0.15, 0.2) is 34.2 Å². The average molecular weight is 430 g/mol. The van der Waals surface area contributed by atoms with Gasteiger partial charge in [0.25, 0.3) is 5.56 Å². The number of ether oxygens (including phenoxy) is 1. The Morgan fingerprint density at radius 3 is 2.93 bits per heavy atom. The fourth-order valence-electron chi connectivity index (χ4n) is 3.65. The molecule has 8 heteroatoms. The minimum absolute atomic E-state index is 0.00766. The number of methoxy groups -OCH3 is 1. The molecule has 4 rings (SSSR count). The maximum atomic E-state index is 12.9. The Morgan fingerprint density at radius 1 is 1.34 bits per heavy atom. The van der Waals surface area contributed by atoms with Crippen molar-refractivity contribution in [1.29, 1.82) is 0 Å². The highest BCUT2D eigenvalue weighted by Crippen LogP contribution is 2.35. The summed E-state index contributed by atoms with van der Waals surface area (Å²) in [7, 11) is 5.13. The zero-order valence-corrected chi connectivity index (χ0v) is 18.4. The fraction of sp³-hybridized carbons (Fsp3) is 0.381. The molecule has 0 fully saturated rings. The molecule has 1 aliphatic carbocycles. The first-order valence-electron chi connectivity index (χ1n) is 9.49. The quantitative estimate of drug-likeness (QED) is 0.445. The largest absolute Gasteiger partial charge is 0.496 e. The summed E-state index contributed by atoms with van der Waals surface area (Å²) >= 11 is 2.93. The Hall–Kier alpha value is -2.32. The summed E-state index contributed by atoms with van der Waals surface area (Å²) in [6, 6.07) is 7.67. The lowest BCUT2D eigenvalue weighted by Crippen LogP contribution is -2.28. The van der Waals surface area contributed by atoms with Crippen molar-refractivity contribution in [3.05, 3.63) is 50.6 Å². The molecule has 152 valence electrons. The van der Waals surface area contributed by atoms with Crippen LogP contribution >= 0.6 is 23.1 Å². The van der Waals surface area contributed by atoms with E-state index in [1.54, 1.807) is 42.0 Å². The predicted octanol–water partition coefficient (Wildman–Crippen LogP) is 3.24. The number of hydrogen-bond acceptors (Lipinski definition) is 6. The van der Waals surface area contributed by atoms with Crippen LogP contribution in [0, 0.1) is 0 Å². The topological polar surface area (TPSA) is 64.4 Å². The van der Waals surface area contributed by atoms with Crippen LogP contribution in [-0.2, 0) is 31.2 Å². The number of hydrogen-bond donors (Lipinski definition) is 0. The van der Waals surface area contributed by atoms with Gasteiger partial charge in [0.2, 0.25) is 5.91 Å². The molecule has 0 spiro atoms. The lowest BCUT2D eigenvalue weighted by molar-refractivity contribution is -0.127. The molecule has 0 aliphatic heterocycles. The van der Waals surface area contributed by atoms with Gasteiger partial charge < -0.3 is 9.64 Å². The van der Waals surface area contributed by atoms with Gasteiger partial charge in [0.05, 0.1) is 18.2 Å². The van der Waals surface area contributed by atoms with Crippen LogP contribution in [0.4, 0.5) is 0 Å². The van der Waals surface area contributed by atoms with E-state index in [2.05, 4.69) is 0 Å². The van der Waals surface area contributed by atoms with E-state index < -0.39 is 0 Å². The van der Waals surface area contributed by atoms with Crippen LogP contribution in [-0.4, -0.2) is 40.3 Å². The van der Waals surface area contributed by atoms with Gasteiger partial charge in [-0.25, -0.2) is 4.98 Å². The molecule has 29 heavy (non-hydrogen) atoms. The molecule has 0 unspecified atom stereocenters. The molecule has 0 atom stereocenters. The first-order valence-corrected chi connectivity index (χ1v) is 11.3. The molecule has 6 nitrogen and oxygen atoms in total. The Labute approximate surface area is 177 Å². The second kappa shape index (κ2) is 8.20. The van der Waals surface area contributed by atoms with Crippen molar-refractivity contribution in [3.8, 4) is 5.75 Å². The van der Waals surface area contributed by atoms with Gasteiger partial charge in [0.15, 0.2) is 5.16 Å². The van der Waals surface area contributed by atoms with Crippen molar-refractivity contribution in [1.82, 2.24) is 14.5 Å². The number of nitrogens with zero attached hydrogens (tertiary/aromatic N) is 3. The van der Waals surface area contributed by atoms with Crippen molar-refractivity contribution in [3.63, 3.8) is 0 Å². The second-order valence-electron chi connectivity index (χ2n) is 7.15. The van der Waals surface area contributed by atoms with E-state index in [9.17, 15) is 9.59 Å². The highest BCUT2D eigenvalue weighted by molar-refractivity contribution is 7.99. The van der Waals surface area contributed by atoms with Gasteiger partial charge in [0.1, 0.15) is 10.6 Å². The van der Waals surface area contributed by atoms with Gasteiger partial charge in [-0.2, -0.15) is 0 Å². The minimum Gasteiger partial charge on any atom is -0.496 e. The van der Waals surface area contributed by atoms with E-state index in [1.165, 1.54) is 22.2 Å². The number of carbonyl (C=O) groups excluding carboxylic acids is 1. The van der Waals surface area contributed by atoms with Gasteiger partial charge in [-0.3, -0.25) is 14.2 Å². The lowest BCUT2D eigenvalue weighted by Gasteiger charge is -2.18. The van der Waals surface area contributed by atoms with Crippen molar-refractivity contribution >= 4 is 39.2 Å². The predicted molar refractivity (Wildman–Crippen MR) is 117 cm³/mol. The SMILES string of the molecule is COc1ccccc1CN(C)C(=O)CSc1nc2sc3c(c2c(=O)n1C)CCC3. The van der Waals surface area contributed by atoms with Gasteiger partial charge in [-0.1, -0.05) is 30.0 Å². The van der Waals surface area contributed by atoms with E-state index in [1.807, 2.05) is 24.3 Å². The van der Waals surface area contributed by atoms with Crippen molar-refractivity contribution in [2.24, 2.45) is 7.05 Å². The van der Waals surface area contributed by atoms with Gasteiger partial charge in [-0.15, -0.1) is 11.3 Å². The first kappa shape index (κ1) is 20.0. The molecular formula is C21H23N3O3S2. The monoisotopic (exact) mass is 429 g/mol. The summed E-state index contributed by atoms with van der Waals surface area (Å²) in [6.45, 7) is 0.465. The maximum Gasteiger partial charge on any atom is 0.262 e. The van der Waals surface area contributed by atoms with Gasteiger partial charge >= 0.3 is 0 Å². The Bertz CT molecular complexity index is 1140. The highest BCUT2D eigenvalue weighted by atomic mass is 32.2. The average Bonchev–Trinajstić information content (AvgIpc) is 3.30. The summed E-state index contributed by atoms with van der Waals surface area (Å²) in [6.07, 6.45) is 3.11. The maximum absolute atomic E-state index is 12.9. The summed E-state index contributed by atoms with van der Waals surface area (Å²) < 4.78 is 6.94. The number of amides is 1. The number of thiophene rings is 1. The lowest BCUT2D eigenvalue weighted by atomic mass is 10.2. The third kappa shape index (κ3) is 3.79. The zero-order valence-electron chi connectivity index (χ0n) is 16.7. The number of carbonyl (C=O) groups is 1. The van der Waals surface area contributed by atoms with E-state index >= 15 is 0 Å². The number of thioether (sulfide) groups is 1. The van der Waals surface area contributed by atoms with Gasteiger partial charge in [-0.05, 0) is 30.9 Å². The number of benzene rings is 1. The van der Waals surface area contributed by atoms with Crippen LogP contribution < -0.4 is 10.3 Å². The minimum atomic E-state index is -0.0241. The van der Waals surface area contributed by atoms with Crippen LogP contribution in [0.1, 0.15) is 22.4 Å². The molecule has 0 radical (unpaired) electrons. The number of aromatic nitrogens is 2. The van der Waals surface area contributed by atoms with Crippen molar-refractivity contribution in [2.45, 2.75) is 31.0 Å². The van der Waals surface area contributed by atoms with Gasteiger partial charge in [0, 0.05) is 31.1 Å². The van der Waals surface area contributed by atoms with E-state index in [0.29, 0.717) is 11.7 Å². The van der Waals surface area contributed by atoms with E-state index in [-0.39, 0.29) is 17.2 Å². The Kier molecular flexibility index (Phi) is 5.65. The smallest absolute Gasteiger partial charge is 0.262 e. The molecule has 3 aromatic rings. The molecule has 2 heterocycles. The second-order valence-corrected chi connectivity index (χ2v) is 9.17. The standard InChI is InChI=1S/C21H23N3O3S2/c1-23(11-13-7-4-5-9-15(13)27-3)17(25)12-28-21-22-19-18(20(26)24(21)2)14-8-6-10-16(14)29-19/h4-5,7,9H,6,8,10-12H2,1-3H3. The molecule has 0 saturated carbocycles. The number of fused-ring (bicyclic) bond motifs is 3.